The second kappa shape index (κ2) is 9.44. The minimum atomic E-state index is -4.27. The van der Waals surface area contributed by atoms with E-state index in [1.165, 1.54) is 18.3 Å². The summed E-state index contributed by atoms with van der Waals surface area (Å²) in [7, 11) is -4.27. The third-order valence-electron chi connectivity index (χ3n) is 5.00. The lowest BCUT2D eigenvalue weighted by Crippen LogP contribution is -2.51. The molecule has 2 heterocycles. The molecule has 0 bridgehead atoms. The van der Waals surface area contributed by atoms with E-state index in [0.717, 1.165) is 4.31 Å². The van der Waals surface area contributed by atoms with E-state index in [2.05, 4.69) is 10.3 Å². The van der Waals surface area contributed by atoms with Gasteiger partial charge in [0.25, 0.3) is 10.0 Å². The highest BCUT2D eigenvalue weighted by molar-refractivity contribution is 7.89. The van der Waals surface area contributed by atoms with E-state index in [1.54, 1.807) is 13.0 Å². The van der Waals surface area contributed by atoms with Gasteiger partial charge in [-0.15, -0.1) is 0 Å². The van der Waals surface area contributed by atoms with Gasteiger partial charge in [-0.25, -0.2) is 9.29 Å². The van der Waals surface area contributed by atoms with Crippen LogP contribution in [-0.4, -0.2) is 59.4 Å². The number of carbonyl (C=O) groups is 2. The predicted molar refractivity (Wildman–Crippen MR) is 102 cm³/mol. The van der Waals surface area contributed by atoms with Crippen LogP contribution in [0.4, 0.5) is 0 Å². The van der Waals surface area contributed by atoms with Crippen LogP contribution >= 0.6 is 0 Å². The summed E-state index contributed by atoms with van der Waals surface area (Å²) in [4.78, 5) is 28.1. The third kappa shape index (κ3) is 5.27. The van der Waals surface area contributed by atoms with Gasteiger partial charge in [0.15, 0.2) is 5.03 Å². The van der Waals surface area contributed by atoms with E-state index in [4.69, 9.17) is 5.73 Å². The summed E-state index contributed by atoms with van der Waals surface area (Å²) in [6.45, 7) is 3.69. The van der Waals surface area contributed by atoms with Gasteiger partial charge in [-0.2, -0.15) is 8.42 Å². The van der Waals surface area contributed by atoms with Crippen LogP contribution in [0, 0.1) is 5.92 Å². The van der Waals surface area contributed by atoms with E-state index in [9.17, 15) is 23.1 Å². The molecule has 1 aromatic heterocycles. The van der Waals surface area contributed by atoms with Crippen LogP contribution in [0.3, 0.4) is 0 Å². The Morgan fingerprint density at radius 1 is 1.39 bits per heavy atom. The number of nitrogens with zero attached hydrogens (tertiary/aromatic N) is 2. The van der Waals surface area contributed by atoms with Crippen molar-refractivity contribution in [1.82, 2.24) is 14.6 Å². The van der Waals surface area contributed by atoms with Crippen LogP contribution in [0.25, 0.3) is 0 Å². The molecular weight excluding hydrogens is 384 g/mol. The molecule has 1 aliphatic heterocycles. The van der Waals surface area contributed by atoms with Gasteiger partial charge in [-0.3, -0.25) is 9.59 Å². The normalized spacial score (nSPS) is 24.2. The minimum absolute atomic E-state index is 0.0871. The number of aromatic nitrogens is 1. The van der Waals surface area contributed by atoms with Gasteiger partial charge in [0.05, 0.1) is 12.1 Å². The van der Waals surface area contributed by atoms with Gasteiger partial charge in [0.1, 0.15) is 0 Å². The maximum absolute atomic E-state index is 13.2. The first-order valence-electron chi connectivity index (χ1n) is 9.33. The zero-order valence-corrected chi connectivity index (χ0v) is 16.9. The van der Waals surface area contributed by atoms with Crippen LogP contribution in [0.2, 0.25) is 0 Å². The number of aliphatic hydroxyl groups excluding tert-OH is 1. The zero-order valence-electron chi connectivity index (χ0n) is 16.1. The molecule has 9 nitrogen and oxygen atoms in total. The number of hydrogen-bond acceptors (Lipinski definition) is 7. The Hall–Kier alpha value is -2.04. The Labute approximate surface area is 165 Å². The van der Waals surface area contributed by atoms with Crippen molar-refractivity contribution in [3.63, 3.8) is 0 Å². The highest BCUT2D eigenvalue weighted by Gasteiger charge is 2.40. The van der Waals surface area contributed by atoms with Gasteiger partial charge in [-0.05, 0) is 38.3 Å². The number of nitrogens with one attached hydrogen (secondary N) is 1. The van der Waals surface area contributed by atoms with Crippen molar-refractivity contribution in [2.45, 2.75) is 62.7 Å². The fourth-order valence-electron chi connectivity index (χ4n) is 3.14. The Balaban J connectivity index is 2.37. The number of β-amino-alcohol motifs (C(OH)–C–C–N with tert-alkyl or cyclic N) is 1. The summed E-state index contributed by atoms with van der Waals surface area (Å²) in [6.07, 6.45) is 1.14. The summed E-state index contributed by atoms with van der Waals surface area (Å²) < 4.78 is 27.2. The zero-order chi connectivity index (χ0) is 20.9. The van der Waals surface area contributed by atoms with Crippen molar-refractivity contribution in [1.29, 1.82) is 0 Å². The Bertz CT molecular complexity index is 786. The summed E-state index contributed by atoms with van der Waals surface area (Å²) in [6, 6.07) is 3.58. The van der Waals surface area contributed by atoms with Crippen molar-refractivity contribution in [3.8, 4) is 0 Å². The van der Waals surface area contributed by atoms with Crippen LogP contribution in [-0.2, 0) is 19.6 Å². The number of rotatable bonds is 7. The summed E-state index contributed by atoms with van der Waals surface area (Å²) in [5.74, 6) is -1.80. The van der Waals surface area contributed by atoms with E-state index in [-0.39, 0.29) is 30.5 Å². The lowest BCUT2D eigenvalue weighted by Gasteiger charge is -2.33. The SMILES string of the molecule is CC(CCC(=O)N([C@H]1CC[C@@H](C)NC[C@@H]1O)S(=O)(=O)c1ccccn1)C(N)=O. The summed E-state index contributed by atoms with van der Waals surface area (Å²) in [5.41, 5.74) is 5.24. The lowest BCUT2D eigenvalue weighted by molar-refractivity contribution is -0.130. The summed E-state index contributed by atoms with van der Waals surface area (Å²) in [5, 5.41) is 13.4. The summed E-state index contributed by atoms with van der Waals surface area (Å²) >= 11 is 0. The molecule has 1 saturated heterocycles. The monoisotopic (exact) mass is 412 g/mol. The van der Waals surface area contributed by atoms with Crippen LogP contribution in [0.5, 0.6) is 0 Å². The Morgan fingerprint density at radius 3 is 2.71 bits per heavy atom. The highest BCUT2D eigenvalue weighted by atomic mass is 32.2. The fourth-order valence-corrected chi connectivity index (χ4v) is 4.74. The molecule has 0 radical (unpaired) electrons. The molecule has 4 atom stereocenters. The van der Waals surface area contributed by atoms with E-state index >= 15 is 0 Å². The number of sulfonamides is 1. The van der Waals surface area contributed by atoms with Gasteiger partial charge < -0.3 is 16.2 Å². The van der Waals surface area contributed by atoms with Crippen molar-refractivity contribution >= 4 is 21.8 Å². The molecule has 0 saturated carbocycles. The molecule has 4 N–H and O–H groups in total. The predicted octanol–water partition coefficient (Wildman–Crippen LogP) is 0.00190. The van der Waals surface area contributed by atoms with E-state index < -0.39 is 39.9 Å². The molecule has 10 heteroatoms. The fraction of sp³-hybridized carbons (Fsp3) is 0.611. The molecule has 0 aromatic carbocycles. The average Bonchev–Trinajstić information content (AvgIpc) is 2.82. The maximum atomic E-state index is 13.2. The van der Waals surface area contributed by atoms with Crippen molar-refractivity contribution < 1.29 is 23.1 Å². The molecule has 28 heavy (non-hydrogen) atoms. The van der Waals surface area contributed by atoms with Crippen molar-refractivity contribution in [3.05, 3.63) is 24.4 Å². The number of nitrogens with two attached hydrogens (primary N) is 1. The van der Waals surface area contributed by atoms with Crippen LogP contribution < -0.4 is 11.1 Å². The van der Waals surface area contributed by atoms with Gasteiger partial charge in [0.2, 0.25) is 11.8 Å². The Morgan fingerprint density at radius 2 is 2.11 bits per heavy atom. The number of carbonyl (C=O) groups excluding carboxylic acids is 2. The molecule has 156 valence electrons. The second-order valence-electron chi connectivity index (χ2n) is 7.23. The molecule has 0 aliphatic carbocycles. The number of hydrogen-bond donors (Lipinski definition) is 3. The second-order valence-corrected chi connectivity index (χ2v) is 8.99. The quantitative estimate of drug-likeness (QED) is 0.572. The molecular formula is C18H28N4O5S. The van der Waals surface area contributed by atoms with E-state index in [0.29, 0.717) is 12.8 Å². The van der Waals surface area contributed by atoms with Crippen molar-refractivity contribution in [2.75, 3.05) is 6.54 Å². The number of primary amides is 1. The first-order valence-corrected chi connectivity index (χ1v) is 10.8. The number of pyridine rings is 1. The molecule has 1 aliphatic rings. The molecule has 2 rings (SSSR count). The highest BCUT2D eigenvalue weighted by Crippen LogP contribution is 2.25. The van der Waals surface area contributed by atoms with Crippen LogP contribution in [0.1, 0.15) is 39.5 Å². The minimum Gasteiger partial charge on any atom is -0.390 e. The van der Waals surface area contributed by atoms with Gasteiger partial charge in [0, 0.05) is 31.1 Å². The maximum Gasteiger partial charge on any atom is 0.284 e. The van der Waals surface area contributed by atoms with Crippen LogP contribution in [0.15, 0.2) is 29.4 Å². The molecule has 0 spiro atoms. The van der Waals surface area contributed by atoms with Gasteiger partial charge >= 0.3 is 0 Å². The number of aliphatic hydroxyl groups is 1. The molecule has 1 unspecified atom stereocenters. The standard InChI is InChI=1S/C18H28N4O5S/c1-12(18(19)25)6-9-17(24)22(14-8-7-13(2)21-11-15(14)23)28(26,27)16-5-3-4-10-20-16/h3-5,10,12-15,21,23H,6-9,11H2,1-2H3,(H2,19,25)/t12?,13-,14+,15+/m1/s1. The number of amides is 2. The smallest absolute Gasteiger partial charge is 0.284 e. The van der Waals surface area contributed by atoms with Gasteiger partial charge in [-0.1, -0.05) is 13.0 Å². The first-order chi connectivity index (χ1) is 13.1. The first kappa shape index (κ1) is 22.3. The molecule has 1 aromatic rings. The Kier molecular flexibility index (Phi) is 7.50. The third-order valence-corrected chi connectivity index (χ3v) is 6.76. The lowest BCUT2D eigenvalue weighted by atomic mass is 10.0. The largest absolute Gasteiger partial charge is 0.390 e. The molecule has 2 amide bonds. The van der Waals surface area contributed by atoms with Crippen molar-refractivity contribution in [2.24, 2.45) is 11.7 Å². The molecule has 1 fully saturated rings. The van der Waals surface area contributed by atoms with E-state index in [1.807, 2.05) is 6.92 Å². The average molecular weight is 413 g/mol. The topological polar surface area (TPSA) is 143 Å².